The van der Waals surface area contributed by atoms with E-state index >= 15 is 0 Å². The molecule has 2 rings (SSSR count). The third kappa shape index (κ3) is 3.97. The third-order valence-electron chi connectivity index (χ3n) is 3.98. The summed E-state index contributed by atoms with van der Waals surface area (Å²) in [6.45, 7) is 5.91. The van der Waals surface area contributed by atoms with Gasteiger partial charge in [0.15, 0.2) is 0 Å². The van der Waals surface area contributed by atoms with Gasteiger partial charge in [-0.25, -0.2) is 0 Å². The van der Waals surface area contributed by atoms with Crippen LogP contribution in [-0.4, -0.2) is 47.3 Å². The zero-order chi connectivity index (χ0) is 14.4. The molecule has 1 amide bonds. The van der Waals surface area contributed by atoms with Gasteiger partial charge in [-0.3, -0.25) is 9.69 Å². The van der Waals surface area contributed by atoms with Crippen molar-refractivity contribution in [2.75, 3.05) is 25.5 Å². The zero-order valence-corrected chi connectivity index (χ0v) is 12.9. The Kier molecular flexibility index (Phi) is 5.86. The number of hydrogen-bond donors (Lipinski definition) is 0. The Bertz CT molecular complexity index is 424. The molecule has 0 bridgehead atoms. The molecule has 1 aromatic rings. The van der Waals surface area contributed by atoms with Crippen molar-refractivity contribution in [3.8, 4) is 0 Å². The first-order chi connectivity index (χ1) is 9.74. The second kappa shape index (κ2) is 7.65. The van der Waals surface area contributed by atoms with Crippen LogP contribution in [0.3, 0.4) is 0 Å². The Hall–Kier alpha value is -1.06. The standard InChI is InChI=1S/C16H23ClN2O/c1-2-18(12-14-7-4-3-5-8-14)13-15-9-6-10-19(15)16(20)11-17/h3-5,7-8,15H,2,6,9-13H2,1H3/t15-/m1/s1. The van der Waals surface area contributed by atoms with Gasteiger partial charge in [0.05, 0.1) is 0 Å². The van der Waals surface area contributed by atoms with Gasteiger partial charge in [-0.1, -0.05) is 37.3 Å². The lowest BCUT2D eigenvalue weighted by Gasteiger charge is -2.30. The van der Waals surface area contributed by atoms with Gasteiger partial charge in [-0.2, -0.15) is 0 Å². The van der Waals surface area contributed by atoms with E-state index in [0.717, 1.165) is 39.0 Å². The molecule has 20 heavy (non-hydrogen) atoms. The monoisotopic (exact) mass is 294 g/mol. The predicted molar refractivity (Wildman–Crippen MR) is 82.8 cm³/mol. The highest BCUT2D eigenvalue weighted by atomic mass is 35.5. The van der Waals surface area contributed by atoms with E-state index in [9.17, 15) is 4.79 Å². The molecule has 0 saturated carbocycles. The van der Waals surface area contributed by atoms with Crippen LogP contribution in [0.25, 0.3) is 0 Å². The fraction of sp³-hybridized carbons (Fsp3) is 0.562. The summed E-state index contributed by atoms with van der Waals surface area (Å²) in [6, 6.07) is 10.8. The van der Waals surface area contributed by atoms with E-state index in [-0.39, 0.29) is 11.8 Å². The van der Waals surface area contributed by atoms with E-state index in [4.69, 9.17) is 11.6 Å². The number of carbonyl (C=O) groups is 1. The molecule has 4 heteroatoms. The van der Waals surface area contributed by atoms with Gasteiger partial charge in [0.1, 0.15) is 5.88 Å². The van der Waals surface area contributed by atoms with Gasteiger partial charge in [0.25, 0.3) is 0 Å². The molecule has 1 atom stereocenters. The highest BCUT2D eigenvalue weighted by Gasteiger charge is 2.29. The maximum Gasteiger partial charge on any atom is 0.237 e. The van der Waals surface area contributed by atoms with Crippen molar-refractivity contribution >= 4 is 17.5 Å². The summed E-state index contributed by atoms with van der Waals surface area (Å²) in [5.74, 6) is 0.173. The Labute approximate surface area is 126 Å². The first-order valence-corrected chi connectivity index (χ1v) is 7.89. The summed E-state index contributed by atoms with van der Waals surface area (Å²) in [5.41, 5.74) is 1.32. The minimum Gasteiger partial charge on any atom is -0.337 e. The number of nitrogens with zero attached hydrogens (tertiary/aromatic N) is 2. The fourth-order valence-corrected chi connectivity index (χ4v) is 3.03. The van der Waals surface area contributed by atoms with Gasteiger partial charge < -0.3 is 4.90 Å². The second-order valence-electron chi connectivity index (χ2n) is 5.33. The van der Waals surface area contributed by atoms with Crippen molar-refractivity contribution in [1.82, 2.24) is 9.80 Å². The smallest absolute Gasteiger partial charge is 0.237 e. The van der Waals surface area contributed by atoms with E-state index in [2.05, 4.69) is 36.1 Å². The average molecular weight is 295 g/mol. The number of rotatable bonds is 6. The summed E-state index contributed by atoms with van der Waals surface area (Å²) < 4.78 is 0. The molecule has 1 fully saturated rings. The first-order valence-electron chi connectivity index (χ1n) is 7.36. The average Bonchev–Trinajstić information content (AvgIpc) is 2.95. The van der Waals surface area contributed by atoms with Crippen LogP contribution in [0.15, 0.2) is 30.3 Å². The van der Waals surface area contributed by atoms with E-state index in [1.165, 1.54) is 5.56 Å². The van der Waals surface area contributed by atoms with Gasteiger partial charge in [-0.15, -0.1) is 11.6 Å². The minimum atomic E-state index is 0.0740. The SMILES string of the molecule is CCN(Cc1ccccc1)C[C@H]1CCCN1C(=O)CCl. The summed E-state index contributed by atoms with van der Waals surface area (Å²) in [4.78, 5) is 16.2. The maximum absolute atomic E-state index is 11.8. The maximum atomic E-state index is 11.8. The molecule has 1 saturated heterocycles. The van der Waals surface area contributed by atoms with Crippen molar-refractivity contribution in [3.63, 3.8) is 0 Å². The van der Waals surface area contributed by atoms with Crippen molar-refractivity contribution in [3.05, 3.63) is 35.9 Å². The quantitative estimate of drug-likeness (QED) is 0.753. The molecule has 110 valence electrons. The number of hydrogen-bond acceptors (Lipinski definition) is 2. The molecule has 1 heterocycles. The molecular weight excluding hydrogens is 272 g/mol. The second-order valence-corrected chi connectivity index (χ2v) is 5.60. The lowest BCUT2D eigenvalue weighted by molar-refractivity contribution is -0.129. The van der Waals surface area contributed by atoms with Crippen molar-refractivity contribution in [2.45, 2.75) is 32.4 Å². The molecule has 0 radical (unpaired) electrons. The van der Waals surface area contributed by atoms with Crippen LogP contribution in [0.4, 0.5) is 0 Å². The van der Waals surface area contributed by atoms with Crippen molar-refractivity contribution in [1.29, 1.82) is 0 Å². The largest absolute Gasteiger partial charge is 0.337 e. The first kappa shape index (κ1) is 15.3. The van der Waals surface area contributed by atoms with Crippen molar-refractivity contribution < 1.29 is 4.79 Å². The van der Waals surface area contributed by atoms with E-state index in [1.807, 2.05) is 11.0 Å². The zero-order valence-electron chi connectivity index (χ0n) is 12.1. The fourth-order valence-electron chi connectivity index (χ4n) is 2.88. The van der Waals surface area contributed by atoms with Gasteiger partial charge >= 0.3 is 0 Å². The number of likely N-dealkylation sites (tertiary alicyclic amines) is 1. The Morgan fingerprint density at radius 1 is 1.40 bits per heavy atom. The number of benzene rings is 1. The van der Waals surface area contributed by atoms with Crippen LogP contribution in [-0.2, 0) is 11.3 Å². The molecule has 0 N–H and O–H groups in total. The van der Waals surface area contributed by atoms with Crippen LogP contribution in [0.2, 0.25) is 0 Å². The normalized spacial score (nSPS) is 18.8. The van der Waals surface area contributed by atoms with Gasteiger partial charge in [0, 0.05) is 25.7 Å². The van der Waals surface area contributed by atoms with E-state index in [1.54, 1.807) is 0 Å². The molecule has 0 unspecified atom stereocenters. The number of alkyl halides is 1. The lowest BCUT2D eigenvalue weighted by atomic mass is 10.1. The summed E-state index contributed by atoms with van der Waals surface area (Å²) in [6.07, 6.45) is 2.18. The minimum absolute atomic E-state index is 0.0740. The molecule has 1 aliphatic heterocycles. The van der Waals surface area contributed by atoms with Crippen LogP contribution in [0.5, 0.6) is 0 Å². The lowest BCUT2D eigenvalue weighted by Crippen LogP contribution is -2.43. The van der Waals surface area contributed by atoms with Gasteiger partial charge in [0.2, 0.25) is 5.91 Å². The molecular formula is C16H23ClN2O. The highest BCUT2D eigenvalue weighted by molar-refractivity contribution is 6.27. The van der Waals surface area contributed by atoms with Crippen LogP contribution >= 0.6 is 11.6 Å². The highest BCUT2D eigenvalue weighted by Crippen LogP contribution is 2.19. The number of carbonyl (C=O) groups excluding carboxylic acids is 1. The van der Waals surface area contributed by atoms with Crippen LogP contribution in [0.1, 0.15) is 25.3 Å². The third-order valence-corrected chi connectivity index (χ3v) is 4.21. The Morgan fingerprint density at radius 3 is 2.80 bits per heavy atom. The predicted octanol–water partition coefficient (Wildman–Crippen LogP) is 2.74. The molecule has 3 nitrogen and oxygen atoms in total. The number of halogens is 1. The molecule has 0 aromatic heterocycles. The van der Waals surface area contributed by atoms with Crippen molar-refractivity contribution in [2.24, 2.45) is 0 Å². The van der Waals surface area contributed by atoms with Gasteiger partial charge in [-0.05, 0) is 24.9 Å². The van der Waals surface area contributed by atoms with E-state index in [0.29, 0.717) is 6.04 Å². The van der Waals surface area contributed by atoms with Crippen LogP contribution in [0, 0.1) is 0 Å². The topological polar surface area (TPSA) is 23.6 Å². The summed E-state index contributed by atoms with van der Waals surface area (Å²) >= 11 is 5.69. The number of amides is 1. The molecule has 0 aliphatic carbocycles. The molecule has 1 aliphatic rings. The Morgan fingerprint density at radius 2 is 2.15 bits per heavy atom. The summed E-state index contributed by atoms with van der Waals surface area (Å²) in [7, 11) is 0. The molecule has 0 spiro atoms. The number of likely N-dealkylation sites (N-methyl/N-ethyl adjacent to an activating group) is 1. The van der Waals surface area contributed by atoms with Crippen LogP contribution < -0.4 is 0 Å². The Balaban J connectivity index is 1.94. The van der Waals surface area contributed by atoms with E-state index < -0.39 is 0 Å². The summed E-state index contributed by atoms with van der Waals surface area (Å²) in [5, 5.41) is 0. The molecule has 1 aromatic carbocycles.